The van der Waals surface area contributed by atoms with E-state index in [0.717, 1.165) is 0 Å². The number of rotatable bonds is 6. The Labute approximate surface area is 119 Å². The van der Waals surface area contributed by atoms with E-state index in [2.05, 4.69) is 0 Å². The van der Waals surface area contributed by atoms with Gasteiger partial charge in [-0.2, -0.15) is 13.2 Å². The van der Waals surface area contributed by atoms with E-state index in [9.17, 15) is 18.0 Å². The predicted molar refractivity (Wildman–Crippen MR) is 69.5 cm³/mol. The smallest absolute Gasteiger partial charge is 0.389 e. The fourth-order valence-corrected chi connectivity index (χ4v) is 1.59. The number of methoxy groups -OCH3 is 2. The second-order valence-electron chi connectivity index (χ2n) is 4.15. The van der Waals surface area contributed by atoms with Crippen LogP contribution in [-0.2, 0) is 4.74 Å². The molecule has 0 saturated heterocycles. The first-order chi connectivity index (χ1) is 9.78. The van der Waals surface area contributed by atoms with Gasteiger partial charge < -0.3 is 19.9 Å². The lowest BCUT2D eigenvalue weighted by Gasteiger charge is -2.12. The van der Waals surface area contributed by atoms with Crippen LogP contribution in [-0.4, -0.2) is 33.0 Å². The molecule has 0 unspecified atom stereocenters. The molecule has 0 fully saturated rings. The van der Waals surface area contributed by atoms with E-state index in [1.54, 1.807) is 0 Å². The van der Waals surface area contributed by atoms with Gasteiger partial charge in [-0.25, -0.2) is 4.79 Å². The number of anilines is 1. The fraction of sp³-hybridized carbons (Fsp3) is 0.462. The van der Waals surface area contributed by atoms with Crippen LogP contribution >= 0.6 is 0 Å². The molecule has 0 saturated carbocycles. The Hall–Kier alpha value is -2.12. The number of nitrogen functional groups attached to an aromatic ring is 1. The van der Waals surface area contributed by atoms with E-state index in [0.29, 0.717) is 5.75 Å². The Bertz CT molecular complexity index is 503. The van der Waals surface area contributed by atoms with Crippen molar-refractivity contribution in [2.75, 3.05) is 26.6 Å². The lowest BCUT2D eigenvalue weighted by Crippen LogP contribution is -2.13. The second kappa shape index (κ2) is 7.05. The van der Waals surface area contributed by atoms with Crippen LogP contribution in [0.25, 0.3) is 0 Å². The number of carbonyl (C=O) groups is 1. The minimum Gasteiger partial charge on any atom is -0.493 e. The minimum absolute atomic E-state index is 0.0136. The van der Waals surface area contributed by atoms with Gasteiger partial charge in [0.15, 0.2) is 11.5 Å². The number of hydrogen-bond donors (Lipinski definition) is 1. The van der Waals surface area contributed by atoms with Crippen LogP contribution in [0.1, 0.15) is 23.2 Å². The molecule has 1 rings (SSSR count). The van der Waals surface area contributed by atoms with Gasteiger partial charge >= 0.3 is 12.1 Å². The van der Waals surface area contributed by atoms with Crippen LogP contribution in [0.5, 0.6) is 11.5 Å². The van der Waals surface area contributed by atoms with Gasteiger partial charge in [-0.3, -0.25) is 0 Å². The third-order valence-corrected chi connectivity index (χ3v) is 2.61. The van der Waals surface area contributed by atoms with E-state index < -0.39 is 18.6 Å². The minimum atomic E-state index is -4.27. The summed E-state index contributed by atoms with van der Waals surface area (Å²) in [6.45, 7) is -0.341. The highest BCUT2D eigenvalue weighted by Crippen LogP contribution is 2.32. The van der Waals surface area contributed by atoms with Crippen LogP contribution < -0.4 is 15.2 Å². The predicted octanol–water partition coefficient (Wildman–Crippen LogP) is 2.79. The topological polar surface area (TPSA) is 70.8 Å². The zero-order valence-electron chi connectivity index (χ0n) is 11.6. The lowest BCUT2D eigenvalue weighted by molar-refractivity contribution is -0.137. The van der Waals surface area contributed by atoms with E-state index >= 15 is 0 Å². The summed E-state index contributed by atoms with van der Waals surface area (Å²) in [5.41, 5.74) is 5.78. The molecule has 0 radical (unpaired) electrons. The molecule has 0 aromatic heterocycles. The zero-order chi connectivity index (χ0) is 16.0. The van der Waals surface area contributed by atoms with E-state index in [4.69, 9.17) is 19.9 Å². The van der Waals surface area contributed by atoms with Crippen molar-refractivity contribution in [2.45, 2.75) is 19.0 Å². The standard InChI is InChI=1S/C13H16F3NO4/c1-19-10-6-8(9(17)7-11(10)20-2)12(18)21-5-3-4-13(14,15)16/h6-7H,3-5,17H2,1-2H3. The van der Waals surface area contributed by atoms with Gasteiger partial charge in [0.1, 0.15) is 0 Å². The van der Waals surface area contributed by atoms with Crippen LogP contribution in [0.3, 0.4) is 0 Å². The van der Waals surface area contributed by atoms with Crippen LogP contribution in [0.2, 0.25) is 0 Å². The quantitative estimate of drug-likeness (QED) is 0.497. The highest BCUT2D eigenvalue weighted by atomic mass is 19.4. The normalized spacial score (nSPS) is 11.1. The van der Waals surface area contributed by atoms with Crippen molar-refractivity contribution < 1.29 is 32.2 Å². The Morgan fingerprint density at radius 1 is 1.19 bits per heavy atom. The monoisotopic (exact) mass is 307 g/mol. The summed E-state index contributed by atoms with van der Waals surface area (Å²) in [7, 11) is 2.79. The number of nitrogens with two attached hydrogens (primary N) is 1. The molecule has 8 heteroatoms. The van der Waals surface area contributed by atoms with E-state index in [1.165, 1.54) is 26.4 Å². The molecule has 0 heterocycles. The Kier molecular flexibility index (Phi) is 5.69. The summed E-state index contributed by atoms with van der Waals surface area (Å²) in [5, 5.41) is 0. The van der Waals surface area contributed by atoms with E-state index in [-0.39, 0.29) is 30.0 Å². The van der Waals surface area contributed by atoms with Crippen molar-refractivity contribution >= 4 is 11.7 Å². The molecule has 118 valence electrons. The molecule has 0 amide bonds. The van der Waals surface area contributed by atoms with Crippen molar-refractivity contribution in [3.8, 4) is 11.5 Å². The Morgan fingerprint density at radius 3 is 2.29 bits per heavy atom. The second-order valence-corrected chi connectivity index (χ2v) is 4.15. The Balaban J connectivity index is 2.70. The maximum atomic E-state index is 12.0. The third kappa shape index (κ3) is 5.05. The largest absolute Gasteiger partial charge is 0.493 e. The fourth-order valence-electron chi connectivity index (χ4n) is 1.59. The molecule has 1 aromatic carbocycles. The Morgan fingerprint density at radius 2 is 1.76 bits per heavy atom. The van der Waals surface area contributed by atoms with Gasteiger partial charge in [0, 0.05) is 18.6 Å². The van der Waals surface area contributed by atoms with Crippen molar-refractivity contribution in [1.29, 1.82) is 0 Å². The molecule has 0 aliphatic carbocycles. The summed E-state index contributed by atoms with van der Waals surface area (Å²) >= 11 is 0. The third-order valence-electron chi connectivity index (χ3n) is 2.61. The van der Waals surface area contributed by atoms with Crippen LogP contribution in [0.4, 0.5) is 18.9 Å². The van der Waals surface area contributed by atoms with E-state index in [1.807, 2.05) is 0 Å². The average molecular weight is 307 g/mol. The van der Waals surface area contributed by atoms with Crippen molar-refractivity contribution in [3.63, 3.8) is 0 Å². The van der Waals surface area contributed by atoms with Gasteiger partial charge in [-0.15, -0.1) is 0 Å². The summed E-state index contributed by atoms with van der Waals surface area (Å²) < 4.78 is 50.7. The summed E-state index contributed by atoms with van der Waals surface area (Å²) in [6.07, 6.45) is -5.58. The van der Waals surface area contributed by atoms with Crippen LogP contribution in [0, 0.1) is 0 Å². The van der Waals surface area contributed by atoms with Gasteiger partial charge in [0.25, 0.3) is 0 Å². The molecule has 0 aliphatic rings. The van der Waals surface area contributed by atoms with Crippen molar-refractivity contribution in [2.24, 2.45) is 0 Å². The molecule has 0 atom stereocenters. The number of ether oxygens (including phenoxy) is 3. The average Bonchev–Trinajstić information content (AvgIpc) is 2.41. The maximum Gasteiger partial charge on any atom is 0.389 e. The first kappa shape index (κ1) is 16.9. The summed E-state index contributed by atoms with van der Waals surface area (Å²) in [6, 6.07) is 2.70. The van der Waals surface area contributed by atoms with Gasteiger partial charge in [-0.1, -0.05) is 0 Å². The molecule has 1 aromatic rings. The molecule has 2 N–H and O–H groups in total. The first-order valence-corrected chi connectivity index (χ1v) is 6.04. The number of halogens is 3. The van der Waals surface area contributed by atoms with Gasteiger partial charge in [0.05, 0.1) is 32.1 Å². The maximum absolute atomic E-state index is 12.0. The molecule has 0 spiro atoms. The highest BCUT2D eigenvalue weighted by molar-refractivity contribution is 5.96. The molecule has 5 nitrogen and oxygen atoms in total. The number of benzene rings is 1. The van der Waals surface area contributed by atoms with Crippen molar-refractivity contribution in [1.82, 2.24) is 0 Å². The lowest BCUT2D eigenvalue weighted by atomic mass is 10.1. The molecule has 21 heavy (non-hydrogen) atoms. The molecule has 0 aliphatic heterocycles. The number of esters is 1. The molecular formula is C13H16F3NO4. The van der Waals surface area contributed by atoms with Gasteiger partial charge in [-0.05, 0) is 6.42 Å². The SMILES string of the molecule is COc1cc(N)c(C(=O)OCCCC(F)(F)F)cc1OC. The number of alkyl halides is 3. The first-order valence-electron chi connectivity index (χ1n) is 6.04. The highest BCUT2D eigenvalue weighted by Gasteiger charge is 2.26. The number of carbonyl (C=O) groups excluding carboxylic acids is 1. The molecular weight excluding hydrogens is 291 g/mol. The zero-order valence-corrected chi connectivity index (χ0v) is 11.6. The number of hydrogen-bond acceptors (Lipinski definition) is 5. The molecule has 0 bridgehead atoms. The summed E-state index contributed by atoms with van der Waals surface area (Å²) in [5.74, 6) is -0.201. The van der Waals surface area contributed by atoms with Gasteiger partial charge in [0.2, 0.25) is 0 Å². The van der Waals surface area contributed by atoms with Crippen LogP contribution in [0.15, 0.2) is 12.1 Å². The van der Waals surface area contributed by atoms with Crippen molar-refractivity contribution in [3.05, 3.63) is 17.7 Å². The summed E-state index contributed by atoms with van der Waals surface area (Å²) in [4.78, 5) is 11.8.